The number of hydrogen-bond donors (Lipinski definition) is 1. The van der Waals surface area contributed by atoms with Gasteiger partial charge < -0.3 is 19.9 Å². The molecule has 0 aromatic carbocycles. The van der Waals surface area contributed by atoms with Gasteiger partial charge in [-0.25, -0.2) is 4.79 Å². The fourth-order valence-electron chi connectivity index (χ4n) is 2.79. The number of carbonyl (C=O) groups is 3. The van der Waals surface area contributed by atoms with Crippen molar-refractivity contribution in [2.75, 3.05) is 40.3 Å². The maximum absolute atomic E-state index is 11.9. The summed E-state index contributed by atoms with van der Waals surface area (Å²) in [5.41, 5.74) is 0.466. The topological polar surface area (TPSA) is 79.0 Å². The Morgan fingerprint density at radius 2 is 1.61 bits per heavy atom. The van der Waals surface area contributed by atoms with Crippen molar-refractivity contribution < 1.29 is 19.1 Å². The van der Waals surface area contributed by atoms with Crippen LogP contribution in [0.15, 0.2) is 11.6 Å². The molecule has 0 unspecified atom stereocenters. The van der Waals surface area contributed by atoms with Crippen molar-refractivity contribution in [2.24, 2.45) is 11.8 Å². The van der Waals surface area contributed by atoms with Crippen molar-refractivity contribution >= 4 is 18.3 Å². The molecule has 182 valence electrons. The Hall–Kier alpha value is -1.89. The second-order valence-electron chi connectivity index (χ2n) is 8.90. The molecule has 0 radical (unpaired) electrons. The minimum atomic E-state index is -0.384. The Bertz CT molecular complexity index is 524. The quantitative estimate of drug-likeness (QED) is 0.354. The van der Waals surface area contributed by atoms with Gasteiger partial charge in [-0.05, 0) is 58.7 Å². The molecule has 1 saturated heterocycles. The number of amides is 2. The van der Waals surface area contributed by atoms with Crippen LogP contribution < -0.4 is 5.32 Å². The van der Waals surface area contributed by atoms with Crippen LogP contribution >= 0.6 is 0 Å². The van der Waals surface area contributed by atoms with E-state index in [1.54, 1.807) is 27.0 Å². The summed E-state index contributed by atoms with van der Waals surface area (Å²) in [7, 11) is 3.84. The molecule has 0 aromatic rings. The summed E-state index contributed by atoms with van der Waals surface area (Å²) in [5.74, 6) is 0.360. The predicted molar refractivity (Wildman–Crippen MR) is 128 cm³/mol. The largest absolute Gasteiger partial charge is 0.463 e. The zero-order chi connectivity index (χ0) is 24.4. The molecule has 1 aliphatic heterocycles. The number of likely N-dealkylation sites (tertiary alicyclic amines) is 1. The minimum Gasteiger partial charge on any atom is -0.463 e. The van der Waals surface area contributed by atoms with Crippen molar-refractivity contribution in [3.63, 3.8) is 0 Å². The lowest BCUT2D eigenvalue weighted by molar-refractivity contribution is -0.138. The van der Waals surface area contributed by atoms with Gasteiger partial charge in [-0.15, -0.1) is 0 Å². The Kier molecular flexibility index (Phi) is 19.0. The first kappa shape index (κ1) is 31.3. The molecule has 7 heteroatoms. The molecule has 1 aliphatic rings. The number of hydrogen-bond acceptors (Lipinski definition) is 5. The summed E-state index contributed by atoms with van der Waals surface area (Å²) < 4.78 is 4.92. The molecule has 0 aromatic heterocycles. The van der Waals surface area contributed by atoms with Gasteiger partial charge in [0.2, 0.25) is 12.3 Å². The molecular weight excluding hydrogens is 394 g/mol. The standard InChI is InChI=1S/C14H24N2O4.C6H13N.C4H10/c1-6-20-14(19)11(4)7-12(10(2)3)16(5)13(18)8-15-9-17;1-7-5-3-2-4-6-7;1-4(2)3/h7,9-10,12H,6,8H2,1-5H3,(H,15,17);2-6H2,1H3;4H,1-3H3/b11-7+;;/t12-;;/m1../s1. The molecule has 0 aliphatic carbocycles. The first-order valence-corrected chi connectivity index (χ1v) is 11.4. The lowest BCUT2D eigenvalue weighted by Gasteiger charge is -2.29. The van der Waals surface area contributed by atoms with Gasteiger partial charge in [0.05, 0.1) is 19.2 Å². The number of esters is 1. The molecule has 1 fully saturated rings. The minimum absolute atomic E-state index is 0.0600. The average molecular weight is 442 g/mol. The van der Waals surface area contributed by atoms with E-state index in [2.05, 4.69) is 38.0 Å². The van der Waals surface area contributed by atoms with Crippen LogP contribution in [-0.2, 0) is 19.1 Å². The molecule has 1 atom stereocenters. The summed E-state index contributed by atoms with van der Waals surface area (Å²) in [5, 5.41) is 2.34. The maximum Gasteiger partial charge on any atom is 0.333 e. The smallest absolute Gasteiger partial charge is 0.333 e. The monoisotopic (exact) mass is 441 g/mol. The first-order chi connectivity index (χ1) is 14.5. The Morgan fingerprint density at radius 1 is 1.10 bits per heavy atom. The van der Waals surface area contributed by atoms with E-state index in [0.29, 0.717) is 18.6 Å². The second-order valence-corrected chi connectivity index (χ2v) is 8.90. The SMILES string of the molecule is CC(C)C.CCOC(=O)/C(C)=C/[C@H](C(C)C)N(C)C(=O)CNC=O.CN1CCCCC1. The van der Waals surface area contributed by atoms with E-state index in [4.69, 9.17) is 4.74 Å². The summed E-state index contributed by atoms with van der Waals surface area (Å²) in [6.07, 6.45) is 6.48. The fraction of sp³-hybridized carbons (Fsp3) is 0.792. The highest BCUT2D eigenvalue weighted by Crippen LogP contribution is 2.14. The van der Waals surface area contributed by atoms with E-state index >= 15 is 0 Å². The molecule has 1 heterocycles. The Morgan fingerprint density at radius 3 is 1.97 bits per heavy atom. The predicted octanol–water partition coefficient (Wildman–Crippen LogP) is 3.49. The summed E-state index contributed by atoms with van der Waals surface area (Å²) in [6.45, 7) is 16.7. The number of likely N-dealkylation sites (N-methyl/N-ethyl adjacent to an activating group) is 1. The van der Waals surface area contributed by atoms with Crippen LogP contribution in [0.2, 0.25) is 0 Å². The highest BCUT2D eigenvalue weighted by atomic mass is 16.5. The van der Waals surface area contributed by atoms with E-state index in [-0.39, 0.29) is 30.4 Å². The summed E-state index contributed by atoms with van der Waals surface area (Å²) in [4.78, 5) is 37.6. The van der Waals surface area contributed by atoms with Gasteiger partial charge >= 0.3 is 5.97 Å². The molecule has 31 heavy (non-hydrogen) atoms. The second kappa shape index (κ2) is 18.8. The zero-order valence-corrected chi connectivity index (χ0v) is 21.4. The van der Waals surface area contributed by atoms with E-state index < -0.39 is 0 Å². The van der Waals surface area contributed by atoms with E-state index in [9.17, 15) is 14.4 Å². The average Bonchev–Trinajstić information content (AvgIpc) is 2.70. The van der Waals surface area contributed by atoms with Crippen LogP contribution in [0.4, 0.5) is 0 Å². The van der Waals surface area contributed by atoms with Gasteiger partial charge in [0.15, 0.2) is 0 Å². The third-order valence-corrected chi connectivity index (χ3v) is 4.46. The van der Waals surface area contributed by atoms with Gasteiger partial charge in [-0.1, -0.05) is 47.1 Å². The van der Waals surface area contributed by atoms with E-state index in [0.717, 1.165) is 5.92 Å². The number of carbonyl (C=O) groups excluding carboxylic acids is 3. The third kappa shape index (κ3) is 17.5. The van der Waals surface area contributed by atoms with Crippen LogP contribution in [0, 0.1) is 11.8 Å². The van der Waals surface area contributed by atoms with Crippen molar-refractivity contribution in [1.29, 1.82) is 0 Å². The fourth-order valence-corrected chi connectivity index (χ4v) is 2.79. The van der Waals surface area contributed by atoms with Crippen molar-refractivity contribution in [1.82, 2.24) is 15.1 Å². The third-order valence-electron chi connectivity index (χ3n) is 4.46. The van der Waals surface area contributed by atoms with Gasteiger partial charge in [-0.2, -0.15) is 0 Å². The zero-order valence-electron chi connectivity index (χ0n) is 21.4. The highest BCUT2D eigenvalue weighted by Gasteiger charge is 2.22. The molecule has 1 N–H and O–H groups in total. The molecule has 0 bridgehead atoms. The Labute approximate surface area is 190 Å². The summed E-state index contributed by atoms with van der Waals surface area (Å²) in [6, 6.07) is -0.236. The lowest BCUT2D eigenvalue weighted by Crippen LogP contribution is -2.43. The molecule has 1 rings (SSSR count). The van der Waals surface area contributed by atoms with E-state index in [1.807, 2.05) is 13.8 Å². The molecular formula is C24H47N3O4. The van der Waals surface area contributed by atoms with Crippen LogP contribution in [-0.4, -0.2) is 74.5 Å². The van der Waals surface area contributed by atoms with Crippen LogP contribution in [0.25, 0.3) is 0 Å². The van der Waals surface area contributed by atoms with Crippen LogP contribution in [0.1, 0.15) is 67.7 Å². The maximum atomic E-state index is 11.9. The van der Waals surface area contributed by atoms with Gasteiger partial charge in [0.25, 0.3) is 0 Å². The Balaban J connectivity index is 0. The first-order valence-electron chi connectivity index (χ1n) is 11.4. The number of piperidine rings is 1. The molecule has 0 saturated carbocycles. The van der Waals surface area contributed by atoms with Crippen LogP contribution in [0.3, 0.4) is 0 Å². The highest BCUT2D eigenvalue weighted by molar-refractivity contribution is 5.88. The van der Waals surface area contributed by atoms with Crippen molar-refractivity contribution in [3.8, 4) is 0 Å². The molecule has 0 spiro atoms. The number of nitrogens with zero attached hydrogens (tertiary/aromatic N) is 2. The van der Waals surface area contributed by atoms with Gasteiger partial charge in [0.1, 0.15) is 0 Å². The van der Waals surface area contributed by atoms with Crippen LogP contribution in [0.5, 0.6) is 0 Å². The van der Waals surface area contributed by atoms with Gasteiger partial charge in [-0.3, -0.25) is 9.59 Å². The van der Waals surface area contributed by atoms with Crippen molar-refractivity contribution in [2.45, 2.75) is 73.8 Å². The van der Waals surface area contributed by atoms with Crippen molar-refractivity contribution in [3.05, 3.63) is 11.6 Å². The number of nitrogens with one attached hydrogen (secondary N) is 1. The molecule has 7 nitrogen and oxygen atoms in total. The number of ether oxygens (including phenoxy) is 1. The van der Waals surface area contributed by atoms with Gasteiger partial charge in [0, 0.05) is 12.6 Å². The lowest BCUT2D eigenvalue weighted by atomic mass is 10.00. The number of rotatable bonds is 8. The molecule has 2 amide bonds. The van der Waals surface area contributed by atoms with E-state index in [1.165, 1.54) is 37.3 Å². The normalized spacial score (nSPS) is 15.1. The summed E-state index contributed by atoms with van der Waals surface area (Å²) >= 11 is 0.